The number of rotatable bonds is 3. The molecule has 2 atom stereocenters. The van der Waals surface area contributed by atoms with E-state index in [-0.39, 0.29) is 21.6 Å². The highest BCUT2D eigenvalue weighted by molar-refractivity contribution is 7.90. The molecule has 0 radical (unpaired) electrons. The second-order valence-electron chi connectivity index (χ2n) is 5.27. The summed E-state index contributed by atoms with van der Waals surface area (Å²) in [5.41, 5.74) is 0. The van der Waals surface area contributed by atoms with Crippen LogP contribution in [0.1, 0.15) is 26.2 Å². The number of carbonyl (C=O) groups is 2. The Labute approximate surface area is 128 Å². The molecule has 1 saturated carbocycles. The second-order valence-corrected chi connectivity index (χ2v) is 7.38. The molecule has 0 aromatic heterocycles. The van der Waals surface area contributed by atoms with Gasteiger partial charge in [0.05, 0.1) is 4.90 Å². The van der Waals surface area contributed by atoms with Crippen molar-refractivity contribution in [1.29, 1.82) is 0 Å². The van der Waals surface area contributed by atoms with Gasteiger partial charge in [-0.25, -0.2) is 13.1 Å². The maximum absolute atomic E-state index is 12.1. The zero-order valence-electron chi connectivity index (χ0n) is 11.5. The fourth-order valence-electron chi connectivity index (χ4n) is 2.39. The summed E-state index contributed by atoms with van der Waals surface area (Å²) in [5, 5.41) is 0.280. The van der Waals surface area contributed by atoms with Gasteiger partial charge in [-0.1, -0.05) is 24.6 Å². The van der Waals surface area contributed by atoms with Crippen molar-refractivity contribution in [3.05, 3.63) is 29.3 Å². The zero-order valence-corrected chi connectivity index (χ0v) is 13.1. The molecule has 0 heterocycles. The maximum Gasteiger partial charge on any atom is 0.264 e. The molecule has 0 unspecified atom stereocenters. The summed E-state index contributed by atoms with van der Waals surface area (Å²) in [6.07, 6.45) is 1.09. The monoisotopic (exact) mass is 329 g/mol. The van der Waals surface area contributed by atoms with Crippen LogP contribution in [0.4, 0.5) is 0 Å². The van der Waals surface area contributed by atoms with Crippen LogP contribution in [-0.4, -0.2) is 20.1 Å². The van der Waals surface area contributed by atoms with Crippen LogP contribution in [0.5, 0.6) is 0 Å². The number of benzene rings is 1. The topological polar surface area (TPSA) is 80.3 Å². The Morgan fingerprint density at radius 3 is 2.71 bits per heavy atom. The van der Waals surface area contributed by atoms with Gasteiger partial charge < -0.3 is 0 Å². The van der Waals surface area contributed by atoms with Gasteiger partial charge in [0.25, 0.3) is 10.0 Å². The van der Waals surface area contributed by atoms with Crippen LogP contribution in [-0.2, 0) is 19.6 Å². The third kappa shape index (κ3) is 3.83. The molecule has 114 valence electrons. The van der Waals surface area contributed by atoms with Crippen molar-refractivity contribution < 1.29 is 18.0 Å². The van der Waals surface area contributed by atoms with Gasteiger partial charge in [0.2, 0.25) is 5.91 Å². The number of hydrogen-bond donors (Lipinski definition) is 1. The van der Waals surface area contributed by atoms with E-state index in [0.29, 0.717) is 19.3 Å². The molecule has 1 fully saturated rings. The minimum absolute atomic E-state index is 0.0525. The van der Waals surface area contributed by atoms with Crippen LogP contribution in [0.15, 0.2) is 29.2 Å². The first-order valence-corrected chi connectivity index (χ1v) is 8.50. The molecule has 0 bridgehead atoms. The average Bonchev–Trinajstić information content (AvgIpc) is 2.41. The Kier molecular flexibility index (Phi) is 4.68. The Morgan fingerprint density at radius 2 is 2.10 bits per heavy atom. The molecule has 5 nitrogen and oxygen atoms in total. The molecule has 2 rings (SSSR count). The normalized spacial score (nSPS) is 22.9. The first-order valence-electron chi connectivity index (χ1n) is 6.64. The van der Waals surface area contributed by atoms with Crippen molar-refractivity contribution in [1.82, 2.24) is 4.72 Å². The molecular weight excluding hydrogens is 314 g/mol. The molecule has 0 aliphatic heterocycles. The number of nitrogens with one attached hydrogen (secondary N) is 1. The van der Waals surface area contributed by atoms with E-state index in [0.717, 1.165) is 0 Å². The third-order valence-electron chi connectivity index (χ3n) is 3.64. The smallest absolute Gasteiger partial charge is 0.264 e. The highest BCUT2D eigenvalue weighted by Crippen LogP contribution is 2.26. The second kappa shape index (κ2) is 6.15. The fraction of sp³-hybridized carbons (Fsp3) is 0.429. The minimum atomic E-state index is -3.93. The Hall–Kier alpha value is -1.40. The molecule has 1 aromatic carbocycles. The van der Waals surface area contributed by atoms with Gasteiger partial charge in [0, 0.05) is 23.3 Å². The first kappa shape index (κ1) is 16.0. The Morgan fingerprint density at radius 1 is 1.38 bits per heavy atom. The first-order chi connectivity index (χ1) is 9.79. The van der Waals surface area contributed by atoms with Gasteiger partial charge in [-0.2, -0.15) is 0 Å². The van der Waals surface area contributed by atoms with Crippen LogP contribution in [0.25, 0.3) is 0 Å². The quantitative estimate of drug-likeness (QED) is 0.921. The van der Waals surface area contributed by atoms with E-state index in [9.17, 15) is 18.0 Å². The molecule has 1 amide bonds. The van der Waals surface area contributed by atoms with Crippen LogP contribution < -0.4 is 4.72 Å². The van der Waals surface area contributed by atoms with Crippen molar-refractivity contribution in [2.45, 2.75) is 31.1 Å². The van der Waals surface area contributed by atoms with Crippen LogP contribution in [0.2, 0.25) is 5.02 Å². The highest BCUT2D eigenvalue weighted by Gasteiger charge is 2.32. The summed E-state index contributed by atoms with van der Waals surface area (Å²) in [6.45, 7) is 1.76. The van der Waals surface area contributed by atoms with Gasteiger partial charge in [-0.05, 0) is 31.0 Å². The van der Waals surface area contributed by atoms with E-state index in [4.69, 9.17) is 11.6 Å². The standard InChI is InChI=1S/C14H16ClNO4S/c1-9-7-10(5-6-13(9)17)14(18)16-21(19,20)12-4-2-3-11(15)8-12/h2-4,8-10H,5-7H2,1H3,(H,16,18)/t9-,10+/m0/s1. The molecule has 21 heavy (non-hydrogen) atoms. The maximum atomic E-state index is 12.1. The molecule has 1 aliphatic rings. The molecular formula is C14H16ClNO4S. The van der Waals surface area contributed by atoms with Gasteiger partial charge in [-0.15, -0.1) is 0 Å². The number of halogens is 1. The van der Waals surface area contributed by atoms with Crippen LogP contribution in [0, 0.1) is 11.8 Å². The predicted octanol–water partition coefficient (Wildman–Crippen LogP) is 2.15. The number of sulfonamides is 1. The molecule has 0 spiro atoms. The Bertz CT molecular complexity index is 671. The number of amides is 1. The highest BCUT2D eigenvalue weighted by atomic mass is 35.5. The SMILES string of the molecule is C[C@H]1C[C@H](C(=O)NS(=O)(=O)c2cccc(Cl)c2)CCC1=O. The van der Waals surface area contributed by atoms with E-state index in [1.165, 1.54) is 18.2 Å². The fourth-order valence-corrected chi connectivity index (χ4v) is 3.73. The molecule has 7 heteroatoms. The largest absolute Gasteiger partial charge is 0.299 e. The Balaban J connectivity index is 2.10. The number of hydrogen-bond acceptors (Lipinski definition) is 4. The lowest BCUT2D eigenvalue weighted by Gasteiger charge is -2.24. The summed E-state index contributed by atoms with van der Waals surface area (Å²) in [6, 6.07) is 5.71. The van der Waals surface area contributed by atoms with Crippen LogP contribution >= 0.6 is 11.6 Å². The van der Waals surface area contributed by atoms with Crippen molar-refractivity contribution in [2.75, 3.05) is 0 Å². The lowest BCUT2D eigenvalue weighted by atomic mass is 9.81. The summed E-state index contributed by atoms with van der Waals surface area (Å²) >= 11 is 5.76. The minimum Gasteiger partial charge on any atom is -0.299 e. The third-order valence-corrected chi connectivity index (χ3v) is 5.22. The molecule has 1 N–H and O–H groups in total. The lowest BCUT2D eigenvalue weighted by Crippen LogP contribution is -2.39. The van der Waals surface area contributed by atoms with Gasteiger partial charge in [0.1, 0.15) is 5.78 Å². The van der Waals surface area contributed by atoms with Crippen molar-refractivity contribution in [3.63, 3.8) is 0 Å². The summed E-state index contributed by atoms with van der Waals surface area (Å²) in [5.74, 6) is -1.10. The van der Waals surface area contributed by atoms with Crippen molar-refractivity contribution >= 4 is 33.3 Å². The number of ketones is 1. The average molecular weight is 330 g/mol. The van der Waals surface area contributed by atoms with Gasteiger partial charge >= 0.3 is 0 Å². The summed E-state index contributed by atoms with van der Waals surface area (Å²) in [7, 11) is -3.93. The summed E-state index contributed by atoms with van der Waals surface area (Å²) in [4.78, 5) is 23.5. The lowest BCUT2D eigenvalue weighted by molar-refractivity contribution is -0.129. The predicted molar refractivity (Wildman–Crippen MR) is 78.3 cm³/mol. The number of carbonyl (C=O) groups excluding carboxylic acids is 2. The van der Waals surface area contributed by atoms with E-state index >= 15 is 0 Å². The van der Waals surface area contributed by atoms with Crippen LogP contribution in [0.3, 0.4) is 0 Å². The van der Waals surface area contributed by atoms with E-state index < -0.39 is 21.8 Å². The molecule has 1 aliphatic carbocycles. The van der Waals surface area contributed by atoms with E-state index in [1.807, 2.05) is 0 Å². The molecule has 1 aromatic rings. The number of Topliss-reactive ketones (excluding diaryl/α,β-unsaturated/α-hetero) is 1. The summed E-state index contributed by atoms with van der Waals surface area (Å²) < 4.78 is 26.3. The van der Waals surface area contributed by atoms with E-state index in [2.05, 4.69) is 4.72 Å². The van der Waals surface area contributed by atoms with Gasteiger partial charge in [-0.3, -0.25) is 9.59 Å². The van der Waals surface area contributed by atoms with Gasteiger partial charge in [0.15, 0.2) is 0 Å². The molecule has 0 saturated heterocycles. The van der Waals surface area contributed by atoms with Crippen molar-refractivity contribution in [2.24, 2.45) is 11.8 Å². The van der Waals surface area contributed by atoms with Crippen molar-refractivity contribution in [3.8, 4) is 0 Å². The van der Waals surface area contributed by atoms with E-state index in [1.54, 1.807) is 13.0 Å². The zero-order chi connectivity index (χ0) is 15.6.